The molecule has 0 radical (unpaired) electrons. The molecule has 1 aromatic heterocycles. The van der Waals surface area contributed by atoms with Crippen LogP contribution in [0.5, 0.6) is 0 Å². The zero-order valence-electron chi connectivity index (χ0n) is 16.7. The monoisotopic (exact) mass is 425 g/mol. The molecule has 0 unspecified atom stereocenters. The standard InChI is InChI=1S/C24H21ClFNO3/c1-3-30-24(29)23-15(2)27-21(20(23)14-16-5-4-6-18(25)13-16)11-12-22(28)17-7-9-19(26)10-8-17/h4-13,27H,3,14H2,1-2H3/b12-11+. The highest BCUT2D eigenvalue weighted by molar-refractivity contribution is 6.30. The molecule has 0 bridgehead atoms. The molecule has 1 N–H and O–H groups in total. The van der Waals surface area contributed by atoms with Crippen LogP contribution < -0.4 is 0 Å². The molecule has 0 atom stereocenters. The summed E-state index contributed by atoms with van der Waals surface area (Å²) in [5, 5.41) is 0.598. The molecule has 3 aromatic rings. The van der Waals surface area contributed by atoms with Gasteiger partial charge in [0.2, 0.25) is 0 Å². The van der Waals surface area contributed by atoms with Gasteiger partial charge in [-0.25, -0.2) is 9.18 Å². The Labute approximate surface area is 179 Å². The lowest BCUT2D eigenvalue weighted by molar-refractivity contribution is 0.0524. The first-order chi connectivity index (χ1) is 14.4. The molecule has 0 aliphatic rings. The Hall–Kier alpha value is -3.18. The van der Waals surface area contributed by atoms with E-state index < -0.39 is 11.8 Å². The van der Waals surface area contributed by atoms with Crippen molar-refractivity contribution in [2.75, 3.05) is 6.61 Å². The van der Waals surface area contributed by atoms with E-state index in [0.717, 1.165) is 11.1 Å². The van der Waals surface area contributed by atoms with E-state index >= 15 is 0 Å². The van der Waals surface area contributed by atoms with Crippen LogP contribution in [0.15, 0.2) is 54.6 Å². The van der Waals surface area contributed by atoms with E-state index in [4.69, 9.17) is 16.3 Å². The van der Waals surface area contributed by atoms with Crippen LogP contribution >= 0.6 is 11.6 Å². The molecule has 0 spiro atoms. The van der Waals surface area contributed by atoms with Crippen molar-refractivity contribution in [3.63, 3.8) is 0 Å². The first-order valence-corrected chi connectivity index (χ1v) is 9.87. The fourth-order valence-corrected chi connectivity index (χ4v) is 3.44. The second-order valence-corrected chi connectivity index (χ2v) is 7.19. The number of ketones is 1. The Bertz CT molecular complexity index is 1100. The van der Waals surface area contributed by atoms with Crippen molar-refractivity contribution in [1.82, 2.24) is 4.98 Å². The van der Waals surface area contributed by atoms with Crippen LogP contribution in [-0.2, 0) is 11.2 Å². The fraction of sp³-hybridized carbons (Fsp3) is 0.167. The molecule has 6 heteroatoms. The molecule has 0 amide bonds. The van der Waals surface area contributed by atoms with Crippen LogP contribution in [0.1, 0.15) is 50.2 Å². The molecule has 2 aromatic carbocycles. The summed E-state index contributed by atoms with van der Waals surface area (Å²) in [7, 11) is 0. The number of hydrogen-bond donors (Lipinski definition) is 1. The molecular weight excluding hydrogens is 405 g/mol. The summed E-state index contributed by atoms with van der Waals surface area (Å²) in [5.41, 5.74) is 3.75. The van der Waals surface area contributed by atoms with Crippen LogP contribution in [0, 0.1) is 12.7 Å². The lowest BCUT2D eigenvalue weighted by Gasteiger charge is -2.07. The van der Waals surface area contributed by atoms with Crippen molar-refractivity contribution in [3.05, 3.63) is 99.1 Å². The van der Waals surface area contributed by atoms with Gasteiger partial charge in [0.05, 0.1) is 12.2 Å². The number of hydrogen-bond acceptors (Lipinski definition) is 3. The maximum Gasteiger partial charge on any atom is 0.340 e. The zero-order valence-corrected chi connectivity index (χ0v) is 17.4. The smallest absolute Gasteiger partial charge is 0.340 e. The van der Waals surface area contributed by atoms with Crippen LogP contribution in [0.3, 0.4) is 0 Å². The summed E-state index contributed by atoms with van der Waals surface area (Å²) >= 11 is 6.11. The number of ether oxygens (including phenoxy) is 1. The van der Waals surface area contributed by atoms with Gasteiger partial charge in [-0.15, -0.1) is 0 Å². The quantitative estimate of drug-likeness (QED) is 0.296. The predicted octanol–water partition coefficient (Wildman–Crippen LogP) is 5.78. The number of aromatic nitrogens is 1. The number of nitrogens with one attached hydrogen (secondary N) is 1. The molecule has 4 nitrogen and oxygen atoms in total. The van der Waals surface area contributed by atoms with Crippen molar-refractivity contribution in [3.8, 4) is 0 Å². The van der Waals surface area contributed by atoms with Gasteiger partial charge in [0.15, 0.2) is 5.78 Å². The van der Waals surface area contributed by atoms with Gasteiger partial charge in [0.25, 0.3) is 0 Å². The molecule has 1 heterocycles. The van der Waals surface area contributed by atoms with Gasteiger partial charge < -0.3 is 9.72 Å². The Balaban J connectivity index is 1.98. The van der Waals surface area contributed by atoms with Crippen LogP contribution in [-0.4, -0.2) is 23.3 Å². The van der Waals surface area contributed by atoms with Crippen molar-refractivity contribution in [1.29, 1.82) is 0 Å². The van der Waals surface area contributed by atoms with Crippen molar-refractivity contribution in [2.24, 2.45) is 0 Å². The van der Waals surface area contributed by atoms with Gasteiger partial charge in [-0.3, -0.25) is 4.79 Å². The lowest BCUT2D eigenvalue weighted by Crippen LogP contribution is -2.08. The van der Waals surface area contributed by atoms with Crippen LogP contribution in [0.25, 0.3) is 6.08 Å². The van der Waals surface area contributed by atoms with Gasteiger partial charge in [-0.05, 0) is 73.5 Å². The second kappa shape index (κ2) is 9.55. The first-order valence-electron chi connectivity index (χ1n) is 9.50. The number of H-pyrrole nitrogens is 1. The average Bonchev–Trinajstić information content (AvgIpc) is 3.02. The third-order valence-electron chi connectivity index (χ3n) is 4.60. The summed E-state index contributed by atoms with van der Waals surface area (Å²) in [6.45, 7) is 3.79. The van der Waals surface area contributed by atoms with E-state index in [1.54, 1.807) is 26.0 Å². The fourth-order valence-electron chi connectivity index (χ4n) is 3.23. The molecule has 30 heavy (non-hydrogen) atoms. The minimum Gasteiger partial charge on any atom is -0.462 e. The summed E-state index contributed by atoms with van der Waals surface area (Å²) in [5.74, 6) is -1.10. The van der Waals surface area contributed by atoms with Crippen molar-refractivity contribution in [2.45, 2.75) is 20.3 Å². The van der Waals surface area contributed by atoms with E-state index in [0.29, 0.717) is 34.0 Å². The molecule has 154 valence electrons. The summed E-state index contributed by atoms with van der Waals surface area (Å²) in [6, 6.07) is 12.7. The van der Waals surface area contributed by atoms with Gasteiger partial charge in [0.1, 0.15) is 5.82 Å². The van der Waals surface area contributed by atoms with Crippen LogP contribution in [0.2, 0.25) is 5.02 Å². The lowest BCUT2D eigenvalue weighted by atomic mass is 9.99. The van der Waals surface area contributed by atoms with E-state index in [1.165, 1.54) is 30.3 Å². The Morgan fingerprint density at radius 3 is 2.57 bits per heavy atom. The van der Waals surface area contributed by atoms with Gasteiger partial charge >= 0.3 is 5.97 Å². The Morgan fingerprint density at radius 2 is 1.90 bits per heavy atom. The Kier molecular flexibility index (Phi) is 6.85. The number of aryl methyl sites for hydroxylation is 1. The summed E-state index contributed by atoms with van der Waals surface area (Å²) in [4.78, 5) is 28.2. The topological polar surface area (TPSA) is 59.2 Å². The molecule has 3 rings (SSSR count). The number of carbonyl (C=O) groups excluding carboxylic acids is 2. The van der Waals surface area contributed by atoms with Crippen molar-refractivity contribution >= 4 is 29.4 Å². The highest BCUT2D eigenvalue weighted by Gasteiger charge is 2.21. The Morgan fingerprint density at radius 1 is 1.17 bits per heavy atom. The number of benzene rings is 2. The van der Waals surface area contributed by atoms with Crippen LogP contribution in [0.4, 0.5) is 4.39 Å². The number of rotatable bonds is 7. The van der Waals surface area contributed by atoms with Crippen molar-refractivity contribution < 1.29 is 18.7 Å². The maximum atomic E-state index is 13.1. The number of aromatic amines is 1. The number of allylic oxidation sites excluding steroid dienone is 1. The van der Waals surface area contributed by atoms with Gasteiger partial charge in [-0.1, -0.05) is 23.7 Å². The third kappa shape index (κ3) is 5.05. The SMILES string of the molecule is CCOC(=O)c1c(C)[nH]c(/C=C/C(=O)c2ccc(F)cc2)c1Cc1cccc(Cl)c1. The molecule has 0 saturated heterocycles. The average molecular weight is 426 g/mol. The number of carbonyl (C=O) groups is 2. The maximum absolute atomic E-state index is 13.1. The van der Waals surface area contributed by atoms with Gasteiger partial charge in [0, 0.05) is 28.4 Å². The van der Waals surface area contributed by atoms with E-state index in [9.17, 15) is 14.0 Å². The zero-order chi connectivity index (χ0) is 21.7. The molecule has 0 fully saturated rings. The largest absolute Gasteiger partial charge is 0.462 e. The molecule has 0 aliphatic heterocycles. The summed E-state index contributed by atoms with van der Waals surface area (Å²) in [6.07, 6.45) is 3.46. The number of halogens is 2. The highest BCUT2D eigenvalue weighted by atomic mass is 35.5. The molecule has 0 aliphatic carbocycles. The van der Waals surface area contributed by atoms with E-state index in [-0.39, 0.29) is 12.4 Å². The molecule has 0 saturated carbocycles. The van der Waals surface area contributed by atoms with E-state index in [2.05, 4.69) is 4.98 Å². The normalized spacial score (nSPS) is 11.1. The minimum atomic E-state index is -0.423. The van der Waals surface area contributed by atoms with Gasteiger partial charge in [-0.2, -0.15) is 0 Å². The number of esters is 1. The second-order valence-electron chi connectivity index (χ2n) is 6.75. The first kappa shape index (κ1) is 21.5. The predicted molar refractivity (Wildman–Crippen MR) is 116 cm³/mol. The minimum absolute atomic E-state index is 0.258. The third-order valence-corrected chi connectivity index (χ3v) is 4.84. The summed E-state index contributed by atoms with van der Waals surface area (Å²) < 4.78 is 18.3. The molecular formula is C24H21ClFNO3. The van der Waals surface area contributed by atoms with E-state index in [1.807, 2.05) is 18.2 Å². The highest BCUT2D eigenvalue weighted by Crippen LogP contribution is 2.25.